The molecule has 0 aliphatic heterocycles. The summed E-state index contributed by atoms with van der Waals surface area (Å²) in [4.78, 5) is 26.6. The maximum absolute atomic E-state index is 11.5. The zero-order valence-corrected chi connectivity index (χ0v) is 9.97. The van der Waals surface area contributed by atoms with Crippen LogP contribution in [0.1, 0.15) is 23.2 Å². The van der Waals surface area contributed by atoms with Crippen LogP contribution in [0.5, 0.6) is 0 Å². The van der Waals surface area contributed by atoms with Gasteiger partial charge in [-0.05, 0) is 25.0 Å². The number of hydrogen-bond donors (Lipinski definition) is 2. The zero-order chi connectivity index (χ0) is 13.2. The summed E-state index contributed by atoms with van der Waals surface area (Å²) >= 11 is 0. The average molecular weight is 250 g/mol. The van der Waals surface area contributed by atoms with Gasteiger partial charge < -0.3 is 15.2 Å². The van der Waals surface area contributed by atoms with Crippen molar-refractivity contribution in [3.8, 4) is 0 Å². The Bertz CT molecular complexity index is 483. The molecule has 96 valence electrons. The van der Waals surface area contributed by atoms with Gasteiger partial charge in [0, 0.05) is 12.7 Å². The standard InChI is InChI=1S/C12H14N2O4/c1-18-10(15)8-3-2-6-13-9(8)14-7-12(4-5-12)11(16)17/h2-3,6H,4-5,7H2,1H3,(H,13,14)(H,16,17). The van der Waals surface area contributed by atoms with Gasteiger partial charge in [0.15, 0.2) is 0 Å². The van der Waals surface area contributed by atoms with E-state index in [9.17, 15) is 9.59 Å². The highest BCUT2D eigenvalue weighted by Gasteiger charge is 2.50. The maximum atomic E-state index is 11.5. The Morgan fingerprint density at radius 3 is 2.83 bits per heavy atom. The molecule has 0 radical (unpaired) electrons. The summed E-state index contributed by atoms with van der Waals surface area (Å²) in [5, 5.41) is 12.0. The number of anilines is 1. The van der Waals surface area contributed by atoms with Gasteiger partial charge in [-0.15, -0.1) is 0 Å². The molecule has 0 aromatic carbocycles. The highest BCUT2D eigenvalue weighted by molar-refractivity contribution is 5.94. The van der Waals surface area contributed by atoms with E-state index in [1.54, 1.807) is 12.1 Å². The van der Waals surface area contributed by atoms with Gasteiger partial charge in [-0.3, -0.25) is 4.79 Å². The van der Waals surface area contributed by atoms with Crippen LogP contribution in [0, 0.1) is 5.41 Å². The van der Waals surface area contributed by atoms with Crippen molar-refractivity contribution < 1.29 is 19.4 Å². The van der Waals surface area contributed by atoms with Gasteiger partial charge in [-0.1, -0.05) is 0 Å². The number of carboxylic acids is 1. The lowest BCUT2D eigenvalue weighted by molar-refractivity contribution is -0.142. The van der Waals surface area contributed by atoms with E-state index < -0.39 is 17.4 Å². The Balaban J connectivity index is 2.10. The van der Waals surface area contributed by atoms with Crippen LogP contribution >= 0.6 is 0 Å². The smallest absolute Gasteiger partial charge is 0.341 e. The van der Waals surface area contributed by atoms with Gasteiger partial charge in [0.1, 0.15) is 11.4 Å². The number of nitrogens with one attached hydrogen (secondary N) is 1. The molecule has 2 rings (SSSR count). The van der Waals surface area contributed by atoms with Crippen molar-refractivity contribution >= 4 is 17.8 Å². The second kappa shape index (κ2) is 4.64. The Kier molecular flexibility index (Phi) is 3.18. The third kappa shape index (κ3) is 2.27. The molecule has 1 fully saturated rings. The number of nitrogens with zero attached hydrogens (tertiary/aromatic N) is 1. The highest BCUT2D eigenvalue weighted by Crippen LogP contribution is 2.45. The molecule has 0 atom stereocenters. The van der Waals surface area contributed by atoms with E-state index >= 15 is 0 Å². The first-order chi connectivity index (χ1) is 8.59. The summed E-state index contributed by atoms with van der Waals surface area (Å²) in [6.07, 6.45) is 2.83. The number of carbonyl (C=O) groups is 2. The third-order valence-corrected chi connectivity index (χ3v) is 3.11. The number of pyridine rings is 1. The molecule has 6 nitrogen and oxygen atoms in total. The van der Waals surface area contributed by atoms with E-state index in [1.807, 2.05) is 0 Å². The van der Waals surface area contributed by atoms with Gasteiger partial charge in [0.2, 0.25) is 0 Å². The van der Waals surface area contributed by atoms with Gasteiger partial charge in [0.25, 0.3) is 0 Å². The lowest BCUT2D eigenvalue weighted by Crippen LogP contribution is -2.25. The molecule has 0 spiro atoms. The molecule has 1 aromatic rings. The molecule has 6 heteroatoms. The largest absolute Gasteiger partial charge is 0.481 e. The lowest BCUT2D eigenvalue weighted by atomic mass is 10.1. The van der Waals surface area contributed by atoms with Crippen molar-refractivity contribution in [3.63, 3.8) is 0 Å². The SMILES string of the molecule is COC(=O)c1cccnc1NCC1(C(=O)O)CC1. The first-order valence-corrected chi connectivity index (χ1v) is 5.60. The molecular weight excluding hydrogens is 236 g/mol. The van der Waals surface area contributed by atoms with E-state index in [0.717, 1.165) is 0 Å². The van der Waals surface area contributed by atoms with E-state index in [0.29, 0.717) is 24.2 Å². The van der Waals surface area contributed by atoms with Crippen molar-refractivity contribution in [1.82, 2.24) is 4.98 Å². The van der Waals surface area contributed by atoms with Crippen molar-refractivity contribution in [1.29, 1.82) is 0 Å². The van der Waals surface area contributed by atoms with Crippen LogP contribution in [0.15, 0.2) is 18.3 Å². The predicted octanol–water partition coefficient (Wildman–Crippen LogP) is 1.14. The van der Waals surface area contributed by atoms with Crippen LogP contribution in [0.2, 0.25) is 0 Å². The van der Waals surface area contributed by atoms with Gasteiger partial charge in [0.05, 0.1) is 12.5 Å². The van der Waals surface area contributed by atoms with Crippen LogP contribution in [0.4, 0.5) is 5.82 Å². The number of carbonyl (C=O) groups excluding carboxylic acids is 1. The quantitative estimate of drug-likeness (QED) is 0.762. The van der Waals surface area contributed by atoms with Gasteiger partial charge >= 0.3 is 11.9 Å². The Morgan fingerprint density at radius 1 is 1.56 bits per heavy atom. The minimum atomic E-state index is -0.814. The first kappa shape index (κ1) is 12.3. The number of aromatic nitrogens is 1. The summed E-state index contributed by atoms with van der Waals surface area (Å²) < 4.78 is 4.64. The third-order valence-electron chi connectivity index (χ3n) is 3.11. The average Bonchev–Trinajstić information content (AvgIpc) is 3.17. The summed E-state index contributed by atoms with van der Waals surface area (Å²) in [7, 11) is 1.29. The molecule has 18 heavy (non-hydrogen) atoms. The second-order valence-corrected chi connectivity index (χ2v) is 4.33. The molecule has 0 saturated heterocycles. The Hall–Kier alpha value is -2.11. The number of ether oxygens (including phenoxy) is 1. The zero-order valence-electron chi connectivity index (χ0n) is 9.97. The molecule has 0 unspecified atom stereocenters. The molecular formula is C12H14N2O4. The number of hydrogen-bond acceptors (Lipinski definition) is 5. The number of methoxy groups -OCH3 is 1. The van der Waals surface area contributed by atoms with Crippen molar-refractivity contribution in [2.24, 2.45) is 5.41 Å². The van der Waals surface area contributed by atoms with Crippen LogP contribution in [0.3, 0.4) is 0 Å². The number of esters is 1. The second-order valence-electron chi connectivity index (χ2n) is 4.33. The Morgan fingerprint density at radius 2 is 2.28 bits per heavy atom. The topological polar surface area (TPSA) is 88.5 Å². The molecule has 2 N–H and O–H groups in total. The van der Waals surface area contributed by atoms with Crippen molar-refractivity contribution in [2.45, 2.75) is 12.8 Å². The minimum Gasteiger partial charge on any atom is -0.481 e. The van der Waals surface area contributed by atoms with Crippen molar-refractivity contribution in [3.05, 3.63) is 23.9 Å². The fraction of sp³-hybridized carbons (Fsp3) is 0.417. The summed E-state index contributed by atoms with van der Waals surface area (Å²) in [6.45, 7) is 0.267. The number of carboxylic acid groups (broad SMARTS) is 1. The molecule has 0 amide bonds. The fourth-order valence-electron chi connectivity index (χ4n) is 1.69. The van der Waals surface area contributed by atoms with E-state index in [4.69, 9.17) is 5.11 Å². The maximum Gasteiger partial charge on any atom is 0.341 e. The van der Waals surface area contributed by atoms with Gasteiger partial charge in [-0.2, -0.15) is 0 Å². The van der Waals surface area contributed by atoms with Crippen LogP contribution in [-0.2, 0) is 9.53 Å². The van der Waals surface area contributed by atoms with Crippen LogP contribution in [0.25, 0.3) is 0 Å². The molecule has 1 aliphatic carbocycles. The fourth-order valence-corrected chi connectivity index (χ4v) is 1.69. The number of rotatable bonds is 5. The molecule has 1 aromatic heterocycles. The van der Waals surface area contributed by atoms with Crippen LogP contribution in [-0.4, -0.2) is 35.7 Å². The minimum absolute atomic E-state index is 0.267. The highest BCUT2D eigenvalue weighted by atomic mass is 16.5. The summed E-state index contributed by atoms with van der Waals surface area (Å²) in [6, 6.07) is 3.21. The van der Waals surface area contributed by atoms with Gasteiger partial charge in [-0.25, -0.2) is 9.78 Å². The predicted molar refractivity (Wildman–Crippen MR) is 63.4 cm³/mol. The lowest BCUT2D eigenvalue weighted by Gasteiger charge is -2.13. The summed E-state index contributed by atoms with van der Waals surface area (Å²) in [5.74, 6) is -0.951. The summed E-state index contributed by atoms with van der Waals surface area (Å²) in [5.41, 5.74) is -0.397. The van der Waals surface area contributed by atoms with Crippen molar-refractivity contribution in [2.75, 3.05) is 19.0 Å². The van der Waals surface area contributed by atoms with Crippen LogP contribution < -0.4 is 5.32 Å². The molecule has 1 heterocycles. The first-order valence-electron chi connectivity index (χ1n) is 5.60. The van der Waals surface area contributed by atoms with E-state index in [1.165, 1.54) is 13.3 Å². The normalized spacial score (nSPS) is 15.8. The molecule has 1 aliphatic rings. The molecule has 0 bridgehead atoms. The molecule has 1 saturated carbocycles. The van der Waals surface area contributed by atoms with E-state index in [-0.39, 0.29) is 6.54 Å². The monoisotopic (exact) mass is 250 g/mol. The van der Waals surface area contributed by atoms with E-state index in [2.05, 4.69) is 15.0 Å². The number of aliphatic carboxylic acids is 1. The Labute approximate surface area is 104 Å².